The van der Waals surface area contributed by atoms with E-state index in [1.54, 1.807) is 17.3 Å². The fraction of sp³-hybridized carbons (Fsp3) is 0.333. The lowest BCUT2D eigenvalue weighted by Crippen LogP contribution is -2.50. The van der Waals surface area contributed by atoms with Crippen molar-refractivity contribution in [3.8, 4) is 5.75 Å². The Hall–Kier alpha value is -2.97. The maximum Gasteiger partial charge on any atom is 0.422 e. The van der Waals surface area contributed by atoms with Gasteiger partial charge in [-0.2, -0.15) is 13.2 Å². The highest BCUT2D eigenvalue weighted by Gasteiger charge is 2.28. The van der Waals surface area contributed by atoms with E-state index in [9.17, 15) is 18.0 Å². The van der Waals surface area contributed by atoms with E-state index in [4.69, 9.17) is 0 Å². The Balaban J connectivity index is 1.48. The molecule has 2 amide bonds. The number of nitrogens with zero attached hydrogens (tertiary/aromatic N) is 3. The molecule has 1 saturated heterocycles. The zero-order valence-corrected chi connectivity index (χ0v) is 14.4. The van der Waals surface area contributed by atoms with Gasteiger partial charge in [0, 0.05) is 49.9 Å². The number of amides is 2. The summed E-state index contributed by atoms with van der Waals surface area (Å²) in [6.45, 7) is 1.21. The van der Waals surface area contributed by atoms with Crippen LogP contribution < -0.4 is 15.0 Å². The van der Waals surface area contributed by atoms with Crippen molar-refractivity contribution in [2.45, 2.75) is 6.18 Å². The van der Waals surface area contributed by atoms with Gasteiger partial charge in [-0.25, -0.2) is 4.79 Å². The van der Waals surface area contributed by atoms with Gasteiger partial charge in [-0.1, -0.05) is 0 Å². The fourth-order valence-corrected chi connectivity index (χ4v) is 2.72. The Labute approximate surface area is 154 Å². The van der Waals surface area contributed by atoms with E-state index >= 15 is 0 Å². The van der Waals surface area contributed by atoms with Gasteiger partial charge < -0.3 is 19.9 Å². The first-order chi connectivity index (χ1) is 12.9. The Morgan fingerprint density at radius 3 is 2.26 bits per heavy atom. The summed E-state index contributed by atoms with van der Waals surface area (Å²) in [7, 11) is 0. The highest BCUT2D eigenvalue weighted by Crippen LogP contribution is 2.21. The van der Waals surface area contributed by atoms with Crippen molar-refractivity contribution in [1.82, 2.24) is 9.88 Å². The van der Waals surface area contributed by atoms with Crippen molar-refractivity contribution in [3.63, 3.8) is 0 Å². The molecule has 0 spiro atoms. The molecule has 9 heteroatoms. The summed E-state index contributed by atoms with van der Waals surface area (Å²) >= 11 is 0. The molecule has 1 aromatic heterocycles. The number of pyridine rings is 1. The largest absolute Gasteiger partial charge is 0.484 e. The molecular weight excluding hydrogens is 361 g/mol. The van der Waals surface area contributed by atoms with Crippen molar-refractivity contribution in [2.24, 2.45) is 0 Å². The number of anilines is 2. The Morgan fingerprint density at radius 2 is 1.67 bits per heavy atom. The second-order valence-corrected chi connectivity index (χ2v) is 6.04. The lowest BCUT2D eigenvalue weighted by molar-refractivity contribution is -0.153. The van der Waals surface area contributed by atoms with Gasteiger partial charge in [0.15, 0.2) is 6.61 Å². The molecule has 0 unspecified atom stereocenters. The number of rotatable bonds is 4. The number of alkyl halides is 3. The lowest BCUT2D eigenvalue weighted by atomic mass is 10.2. The van der Waals surface area contributed by atoms with Crippen molar-refractivity contribution in [2.75, 3.05) is 43.0 Å². The number of carbonyl (C=O) groups excluding carboxylic acids is 1. The third-order valence-corrected chi connectivity index (χ3v) is 4.10. The lowest BCUT2D eigenvalue weighted by Gasteiger charge is -2.36. The van der Waals surface area contributed by atoms with Gasteiger partial charge in [0.2, 0.25) is 0 Å². The normalized spacial score (nSPS) is 14.8. The van der Waals surface area contributed by atoms with Crippen LogP contribution in [0.3, 0.4) is 0 Å². The van der Waals surface area contributed by atoms with Gasteiger partial charge >= 0.3 is 12.2 Å². The summed E-state index contributed by atoms with van der Waals surface area (Å²) < 4.78 is 41.1. The van der Waals surface area contributed by atoms with E-state index in [0.29, 0.717) is 31.9 Å². The molecule has 1 aliphatic rings. The van der Waals surface area contributed by atoms with Crippen LogP contribution in [0, 0.1) is 0 Å². The Kier molecular flexibility index (Phi) is 5.68. The van der Waals surface area contributed by atoms with Crippen LogP contribution in [0.15, 0.2) is 48.8 Å². The topological polar surface area (TPSA) is 57.7 Å². The van der Waals surface area contributed by atoms with Gasteiger partial charge in [-0.15, -0.1) is 0 Å². The number of piperazine rings is 1. The number of aromatic nitrogens is 1. The number of ether oxygens (including phenoxy) is 1. The Bertz CT molecular complexity index is 745. The van der Waals surface area contributed by atoms with Gasteiger partial charge in [0.05, 0.1) is 0 Å². The first-order valence-corrected chi connectivity index (χ1v) is 8.41. The summed E-state index contributed by atoms with van der Waals surface area (Å²) in [5, 5.41) is 2.75. The quantitative estimate of drug-likeness (QED) is 0.884. The molecule has 144 valence electrons. The maximum absolute atomic E-state index is 12.4. The highest BCUT2D eigenvalue weighted by molar-refractivity contribution is 5.89. The van der Waals surface area contributed by atoms with Crippen LogP contribution in [0.4, 0.5) is 29.3 Å². The monoisotopic (exact) mass is 380 g/mol. The number of carbonyl (C=O) groups is 1. The molecule has 27 heavy (non-hydrogen) atoms. The fourth-order valence-electron chi connectivity index (χ4n) is 2.72. The van der Waals surface area contributed by atoms with Crippen LogP contribution in [0.1, 0.15) is 0 Å². The van der Waals surface area contributed by atoms with Gasteiger partial charge in [0.25, 0.3) is 0 Å². The molecule has 1 aliphatic heterocycles. The zero-order valence-electron chi connectivity index (χ0n) is 14.4. The van der Waals surface area contributed by atoms with Crippen molar-refractivity contribution >= 4 is 17.4 Å². The van der Waals surface area contributed by atoms with E-state index in [0.717, 1.165) is 5.69 Å². The first-order valence-electron chi connectivity index (χ1n) is 8.41. The first kappa shape index (κ1) is 18.8. The van der Waals surface area contributed by atoms with Gasteiger partial charge in [-0.05, 0) is 36.4 Å². The molecule has 2 aromatic rings. The molecular formula is C18H19F3N4O2. The predicted octanol–water partition coefficient (Wildman–Crippen LogP) is 3.38. The second-order valence-electron chi connectivity index (χ2n) is 6.04. The number of urea groups is 1. The minimum atomic E-state index is -4.38. The van der Waals surface area contributed by atoms with Crippen LogP contribution in [-0.4, -0.2) is 54.9 Å². The van der Waals surface area contributed by atoms with Crippen molar-refractivity contribution in [1.29, 1.82) is 0 Å². The molecule has 1 aromatic carbocycles. The second kappa shape index (κ2) is 8.15. The third kappa shape index (κ3) is 5.50. The smallest absolute Gasteiger partial charge is 0.422 e. The molecule has 1 fully saturated rings. The minimum Gasteiger partial charge on any atom is -0.484 e. The molecule has 0 radical (unpaired) electrons. The minimum absolute atomic E-state index is 0.0938. The number of nitrogens with one attached hydrogen (secondary N) is 1. The van der Waals surface area contributed by atoms with Gasteiger partial charge in [0.1, 0.15) is 5.75 Å². The molecule has 2 heterocycles. The molecule has 0 aliphatic carbocycles. The average molecular weight is 380 g/mol. The van der Waals surface area contributed by atoms with Crippen molar-refractivity contribution < 1.29 is 22.7 Å². The van der Waals surface area contributed by atoms with Crippen molar-refractivity contribution in [3.05, 3.63) is 48.8 Å². The van der Waals surface area contributed by atoms with E-state index in [-0.39, 0.29) is 11.8 Å². The van der Waals surface area contributed by atoms with E-state index in [1.807, 2.05) is 12.1 Å². The molecule has 1 N–H and O–H groups in total. The maximum atomic E-state index is 12.4. The standard InChI is InChI=1S/C18H19F3N4O2/c19-18(20,21)13-27-16-3-1-14(2-4-16)23-17(26)25-11-9-24(10-12-25)15-5-7-22-8-6-15/h1-8H,9-13H2,(H,23,26). The number of benzene rings is 1. The summed E-state index contributed by atoms with van der Waals surface area (Å²) in [6.07, 6.45) is -0.918. The van der Waals surface area contributed by atoms with E-state index in [1.165, 1.54) is 24.3 Å². The number of hydrogen-bond donors (Lipinski definition) is 1. The highest BCUT2D eigenvalue weighted by atomic mass is 19.4. The van der Waals surface area contributed by atoms with Crippen LogP contribution in [0.25, 0.3) is 0 Å². The molecule has 0 saturated carbocycles. The van der Waals surface area contributed by atoms with Crippen LogP contribution in [0.5, 0.6) is 5.75 Å². The average Bonchev–Trinajstić information content (AvgIpc) is 2.68. The summed E-state index contributed by atoms with van der Waals surface area (Å²) in [5.74, 6) is 0.0938. The van der Waals surface area contributed by atoms with Crippen LogP contribution in [0.2, 0.25) is 0 Å². The third-order valence-electron chi connectivity index (χ3n) is 4.10. The molecule has 0 bridgehead atoms. The van der Waals surface area contributed by atoms with E-state index in [2.05, 4.69) is 19.9 Å². The molecule has 0 atom stereocenters. The molecule has 6 nitrogen and oxygen atoms in total. The predicted molar refractivity (Wildman–Crippen MR) is 95.0 cm³/mol. The molecule has 3 rings (SSSR count). The zero-order chi connectivity index (χ0) is 19.3. The number of hydrogen-bond acceptors (Lipinski definition) is 4. The Morgan fingerprint density at radius 1 is 1.04 bits per heavy atom. The van der Waals surface area contributed by atoms with Gasteiger partial charge in [-0.3, -0.25) is 4.98 Å². The van der Waals surface area contributed by atoms with Crippen LogP contribution >= 0.6 is 0 Å². The summed E-state index contributed by atoms with van der Waals surface area (Å²) in [4.78, 5) is 20.2. The SMILES string of the molecule is O=C(Nc1ccc(OCC(F)(F)F)cc1)N1CCN(c2ccncc2)CC1. The summed E-state index contributed by atoms with van der Waals surface area (Å²) in [6, 6.07) is 9.42. The van der Waals surface area contributed by atoms with Crippen LogP contribution in [-0.2, 0) is 0 Å². The van der Waals surface area contributed by atoms with E-state index < -0.39 is 12.8 Å². The number of halogens is 3. The summed E-state index contributed by atoms with van der Waals surface area (Å²) in [5.41, 5.74) is 1.57.